The summed E-state index contributed by atoms with van der Waals surface area (Å²) in [6, 6.07) is 13.3. The summed E-state index contributed by atoms with van der Waals surface area (Å²) in [6.07, 6.45) is 11.0. The number of allylic oxidation sites excluding steroid dienone is 1. The van der Waals surface area contributed by atoms with Crippen LogP contribution >= 0.6 is 91.8 Å². The number of aliphatic imine (C=N–C) groups is 1. The van der Waals surface area contributed by atoms with Crippen molar-refractivity contribution < 1.29 is 48.7 Å². The van der Waals surface area contributed by atoms with Gasteiger partial charge in [0, 0.05) is 141 Å². The van der Waals surface area contributed by atoms with Crippen molar-refractivity contribution >= 4 is 145 Å². The number of carboxylic acids is 2. The number of halogens is 1. The second kappa shape index (κ2) is 42.1. The van der Waals surface area contributed by atoms with Gasteiger partial charge in [-0.25, -0.2) is 24.6 Å². The molecule has 27 heteroatoms. The zero-order valence-electron chi connectivity index (χ0n) is 59.3. The van der Waals surface area contributed by atoms with Crippen molar-refractivity contribution in [3.8, 4) is 11.3 Å². The summed E-state index contributed by atoms with van der Waals surface area (Å²) in [5, 5.41) is 45.9. The van der Waals surface area contributed by atoms with E-state index in [0.717, 1.165) is 84.2 Å². The quantitative estimate of drug-likeness (QED) is 0.0198. The third-order valence-corrected chi connectivity index (χ3v) is 21.6. The van der Waals surface area contributed by atoms with Gasteiger partial charge >= 0.3 is 11.9 Å². The number of nitrogens with one attached hydrogen (secondary N) is 1. The van der Waals surface area contributed by atoms with Gasteiger partial charge in [0.05, 0.1) is 29.6 Å². The number of aromatic nitrogens is 2. The highest BCUT2D eigenvalue weighted by Gasteiger charge is 2.37. The van der Waals surface area contributed by atoms with Crippen LogP contribution in [0.15, 0.2) is 130 Å². The molecule has 1 amide bonds. The number of guanidine groups is 1. The number of thiophene rings is 7. The molecule has 8 aromatic rings. The maximum absolute atomic E-state index is 12.2. The van der Waals surface area contributed by atoms with Crippen LogP contribution in [0.3, 0.4) is 0 Å². The van der Waals surface area contributed by atoms with Crippen LogP contribution in [0.25, 0.3) is 11.3 Å². The number of hydroxylamine groups is 2. The predicted octanol–water partition coefficient (Wildman–Crippen LogP) is 17.6. The van der Waals surface area contributed by atoms with E-state index in [9.17, 15) is 28.8 Å². The van der Waals surface area contributed by atoms with Crippen LogP contribution in [-0.2, 0) is 37.1 Å². The first-order valence-corrected chi connectivity index (χ1v) is 38.0. The van der Waals surface area contributed by atoms with Crippen molar-refractivity contribution in [1.82, 2.24) is 19.9 Å². The fourth-order valence-corrected chi connectivity index (χ4v) is 15.4. The molecule has 0 bridgehead atoms. The average molecular weight is 1510 g/mol. The lowest BCUT2D eigenvalue weighted by Crippen LogP contribution is -2.28. The number of aliphatic carboxylic acids is 1. The smallest absolute Gasteiger partial charge is 0.344 e. The molecule has 0 saturated heterocycles. The molecule has 99 heavy (non-hydrogen) atoms. The Morgan fingerprint density at radius 3 is 1.64 bits per heavy atom. The molecule has 11 rings (SSSR count). The van der Waals surface area contributed by atoms with Crippen LogP contribution in [0.2, 0.25) is 0 Å². The largest absolute Gasteiger partial charge is 0.479 e. The number of Topliss-reactive ketones (excluding diaryl/α,β-unsaturated/α-hetero) is 3. The number of nitrogens with zero attached hydrogens (tertiary/aromatic N) is 6. The SMILES string of the molecule is CC(C)CC/C(=N\OCC(=O)O)c1ccsc1.CC(C)CCC(=O)c1ccsc1.CC1(C)CCC(=O)c2ccsc21.CN(C)/C=C1/CC(C)(C)c2sccc2C1=O.CN=C(N)N.CNc1ncc2c(n1)-c1ccsc1C(C)(C)C2.CON(C)C(=O)c1ccsc1.Cl.O=C(O)c1ccsc1. The third-order valence-electron chi connectivity index (χ3n) is 15.0. The highest BCUT2D eigenvalue weighted by molar-refractivity contribution is 7.11. The Labute approximate surface area is 617 Å². The molecule has 0 aliphatic heterocycles. The molecule has 0 saturated carbocycles. The van der Waals surface area contributed by atoms with E-state index in [1.54, 1.807) is 80.7 Å². The fourth-order valence-electron chi connectivity index (χ4n) is 9.72. The number of amides is 1. The highest BCUT2D eigenvalue weighted by Crippen LogP contribution is 2.46. The molecule has 8 aromatic heterocycles. The summed E-state index contributed by atoms with van der Waals surface area (Å²) < 4.78 is 0. The van der Waals surface area contributed by atoms with Crippen LogP contribution in [-0.4, -0.2) is 126 Å². The molecule has 19 nitrogen and oxygen atoms in total. The molecule has 3 aliphatic rings. The molecule has 7 N–H and O–H groups in total. The number of carbonyl (C=O) groups excluding carboxylic acids is 4. The van der Waals surface area contributed by atoms with Gasteiger partial charge in [0.2, 0.25) is 12.6 Å². The Morgan fingerprint density at radius 2 is 1.17 bits per heavy atom. The van der Waals surface area contributed by atoms with Crippen LogP contribution in [0.4, 0.5) is 5.95 Å². The highest BCUT2D eigenvalue weighted by atomic mass is 35.5. The van der Waals surface area contributed by atoms with Gasteiger partial charge in [0.25, 0.3) is 5.91 Å². The minimum atomic E-state index is -1.01. The lowest BCUT2D eigenvalue weighted by Gasteiger charge is -2.31. The first-order valence-electron chi connectivity index (χ1n) is 31.6. The van der Waals surface area contributed by atoms with E-state index in [-0.39, 0.29) is 52.1 Å². The molecule has 8 heterocycles. The second-order valence-corrected chi connectivity index (χ2v) is 31.5. The van der Waals surface area contributed by atoms with E-state index in [4.69, 9.17) is 31.4 Å². The van der Waals surface area contributed by atoms with Crippen molar-refractivity contribution in [2.45, 2.75) is 137 Å². The minimum absolute atomic E-state index is 0. The third kappa shape index (κ3) is 28.0. The minimum Gasteiger partial charge on any atom is -0.479 e. The number of oxime groups is 1. The van der Waals surface area contributed by atoms with E-state index >= 15 is 0 Å². The zero-order chi connectivity index (χ0) is 72.9. The Morgan fingerprint density at radius 1 is 0.687 bits per heavy atom. The van der Waals surface area contributed by atoms with E-state index < -0.39 is 18.5 Å². The molecule has 0 atom stereocenters. The monoisotopic (exact) mass is 1510 g/mol. The average Bonchev–Trinajstić information content (AvgIpc) is 1.76. The zero-order valence-corrected chi connectivity index (χ0v) is 65.9. The van der Waals surface area contributed by atoms with Crippen LogP contribution in [0, 0.1) is 11.8 Å². The summed E-state index contributed by atoms with van der Waals surface area (Å²) in [5.41, 5.74) is 20.3. The van der Waals surface area contributed by atoms with Crippen molar-refractivity contribution in [3.63, 3.8) is 0 Å². The number of hydrogen-bond donors (Lipinski definition) is 5. The molecule has 538 valence electrons. The first-order chi connectivity index (χ1) is 46.3. The van der Waals surface area contributed by atoms with Crippen LogP contribution < -0.4 is 16.8 Å². The number of rotatable bonds is 16. The fraction of sp³-hybridized carbons (Fsp3) is 0.417. The van der Waals surface area contributed by atoms with Gasteiger partial charge in [-0.2, -0.15) is 45.3 Å². The molecule has 3 aliphatic carbocycles. The van der Waals surface area contributed by atoms with E-state index in [0.29, 0.717) is 41.1 Å². The van der Waals surface area contributed by atoms with E-state index in [1.807, 2.05) is 112 Å². The summed E-state index contributed by atoms with van der Waals surface area (Å²) in [5.74, 6) is 0.846. The van der Waals surface area contributed by atoms with Crippen molar-refractivity contribution in [2.75, 3.05) is 54.3 Å². The molecule has 0 aromatic carbocycles. The summed E-state index contributed by atoms with van der Waals surface area (Å²) in [6.45, 7) is 21.6. The summed E-state index contributed by atoms with van der Waals surface area (Å²) in [7, 11) is 10.3. The topological polar surface area (TPSA) is 282 Å². The number of carboxylic acid groups (broad SMARTS) is 2. The standard InChI is InChI=1S/C13H15N3S.C13H17NOS.C12H17NO3S.C10H12OS.C10H14OS.C7H9NO2S.C5H4O2S.C2H7N3.ClH/c1-13(2)6-8-7-15-12(14-3)16-10(8)9-4-5-17-11(9)13;1-13(2)7-9(8-14(3)4)11(15)10-5-6-16-12(10)13;1-9(2)3-4-11(10-5-6-17-8-10)13-16-7-12(14)15;1-10(2)5-3-8(11)7-4-6-12-9(7)10;1-8(2)3-4-10(11)9-5-6-12-7-9;1-8(10-2)7(9)6-3-4-11-5-6;6-5(7)4-1-2-8-3-4;1-5-2(3)4;/h4-5,7H,6H2,1-3H3,(H,14,15,16);5-6,8H,7H2,1-4H3;5-6,8-9H,3-4,7H2,1-2H3,(H,14,15);4,6H,3,5H2,1-2H3;5-8H,3-4H2,1-2H3;3-5H,1-2H3;1-3H,(H,6,7);1H3,(H4,3,4,5);1H/b;9-8-;13-11+;;;;;;. The normalized spacial score (nSPS) is 14.1. The van der Waals surface area contributed by atoms with Gasteiger partial charge in [0.15, 0.2) is 23.3 Å². The molecule has 0 radical (unpaired) electrons. The summed E-state index contributed by atoms with van der Waals surface area (Å²) >= 11 is 11.3. The Kier molecular flexibility index (Phi) is 36.5. The lowest BCUT2D eigenvalue weighted by atomic mass is 9.75. The second-order valence-electron chi connectivity index (χ2n) is 25.7. The Balaban J connectivity index is 0.000000300. The van der Waals surface area contributed by atoms with Gasteiger partial charge in [0.1, 0.15) is 0 Å². The number of nitrogens with two attached hydrogens (primary N) is 2. The van der Waals surface area contributed by atoms with Crippen molar-refractivity contribution in [3.05, 3.63) is 173 Å². The number of anilines is 1. The van der Waals surface area contributed by atoms with Crippen molar-refractivity contribution in [1.29, 1.82) is 0 Å². The van der Waals surface area contributed by atoms with Gasteiger partial charge in [-0.15, -0.1) is 46.4 Å². The lowest BCUT2D eigenvalue weighted by molar-refractivity contribution is -0.142. The van der Waals surface area contributed by atoms with E-state index in [1.165, 1.54) is 67.7 Å². The molecular weight excluding hydrogens is 1410 g/mol. The molecule has 0 fully saturated rings. The first kappa shape index (κ1) is 86.0. The van der Waals surface area contributed by atoms with Crippen molar-refractivity contribution in [2.24, 2.45) is 33.5 Å². The Bertz CT molecular complexity index is 3860. The maximum atomic E-state index is 12.2. The van der Waals surface area contributed by atoms with Crippen LogP contribution in [0.1, 0.15) is 192 Å². The predicted molar refractivity (Wildman–Crippen MR) is 416 cm³/mol. The van der Waals surface area contributed by atoms with Gasteiger partial charge in [-0.05, 0) is 141 Å². The number of ketones is 3. The number of hydrogen-bond acceptors (Lipinski definition) is 21. The maximum Gasteiger partial charge on any atom is 0.344 e. The van der Waals surface area contributed by atoms with Crippen LogP contribution in [0.5, 0.6) is 0 Å². The van der Waals surface area contributed by atoms with E-state index in [2.05, 4.69) is 106 Å². The molecular formula is C72H96ClN9O10S7. The Hall–Kier alpha value is -7.27. The number of aromatic carboxylic acids is 1. The molecule has 0 unspecified atom stereocenters. The summed E-state index contributed by atoms with van der Waals surface area (Å²) in [4.78, 5) is 94.4. The molecule has 0 spiro atoms. The van der Waals surface area contributed by atoms with Gasteiger partial charge < -0.3 is 36.7 Å². The van der Waals surface area contributed by atoms with Gasteiger partial charge in [-0.3, -0.25) is 29.0 Å². The number of fused-ring (bicyclic) bond motifs is 5. The van der Waals surface area contributed by atoms with Gasteiger partial charge in [-0.1, -0.05) is 74.4 Å². The number of carbonyl (C=O) groups is 6.